The van der Waals surface area contributed by atoms with Crippen LogP contribution < -0.4 is 10.6 Å². The number of aliphatic hydroxyl groups is 1. The molecule has 0 saturated heterocycles. The molecule has 0 aliphatic rings. The summed E-state index contributed by atoms with van der Waals surface area (Å²) in [6, 6.07) is 2.92. The quantitative estimate of drug-likeness (QED) is 0.295. The molecular formula is C10H14F2N4O2. The monoisotopic (exact) mass is 260 g/mol. The molecule has 1 rings (SSSR count). The van der Waals surface area contributed by atoms with Crippen molar-refractivity contribution < 1.29 is 19.1 Å². The van der Waals surface area contributed by atoms with Gasteiger partial charge in [-0.15, -0.1) is 0 Å². The van der Waals surface area contributed by atoms with Crippen LogP contribution in [0.1, 0.15) is 5.69 Å². The zero-order valence-corrected chi connectivity index (χ0v) is 9.50. The number of anilines is 1. The summed E-state index contributed by atoms with van der Waals surface area (Å²) in [7, 11) is 0. The highest BCUT2D eigenvalue weighted by Gasteiger charge is 2.13. The van der Waals surface area contributed by atoms with E-state index >= 15 is 0 Å². The number of nitrogens with two attached hydrogens (primary N) is 1. The van der Waals surface area contributed by atoms with E-state index < -0.39 is 13.0 Å². The Bertz CT molecular complexity index is 415. The Morgan fingerprint density at radius 2 is 2.28 bits per heavy atom. The van der Waals surface area contributed by atoms with Crippen molar-refractivity contribution in [1.82, 2.24) is 4.98 Å². The van der Waals surface area contributed by atoms with Crippen LogP contribution in [0.3, 0.4) is 0 Å². The predicted octanol–water partition coefficient (Wildman–Crippen LogP) is 0.240. The lowest BCUT2D eigenvalue weighted by Crippen LogP contribution is -2.32. The van der Waals surface area contributed by atoms with Gasteiger partial charge in [0.15, 0.2) is 5.84 Å². The zero-order chi connectivity index (χ0) is 13.5. The molecule has 0 unspecified atom stereocenters. The minimum Gasteiger partial charge on any atom is -0.409 e. The predicted molar refractivity (Wildman–Crippen MR) is 62.1 cm³/mol. The zero-order valence-electron chi connectivity index (χ0n) is 9.50. The number of oxime groups is 1. The fourth-order valence-corrected chi connectivity index (χ4v) is 1.42. The number of nitrogens with zero attached hydrogens (tertiary/aromatic N) is 3. The van der Waals surface area contributed by atoms with Gasteiger partial charge in [-0.3, -0.25) is 4.98 Å². The van der Waals surface area contributed by atoms with Gasteiger partial charge in [0, 0.05) is 18.4 Å². The third kappa shape index (κ3) is 3.81. The Labute approximate surface area is 102 Å². The first kappa shape index (κ1) is 14.1. The van der Waals surface area contributed by atoms with Crippen LogP contribution in [0.15, 0.2) is 23.5 Å². The van der Waals surface area contributed by atoms with E-state index in [4.69, 9.17) is 16.0 Å². The van der Waals surface area contributed by atoms with Gasteiger partial charge in [-0.1, -0.05) is 5.16 Å². The maximum atomic E-state index is 12.4. The van der Waals surface area contributed by atoms with E-state index in [0.29, 0.717) is 5.69 Å². The molecule has 4 N–H and O–H groups in total. The average Bonchev–Trinajstić information content (AvgIpc) is 2.37. The first-order chi connectivity index (χ1) is 8.58. The largest absolute Gasteiger partial charge is 0.409 e. The summed E-state index contributed by atoms with van der Waals surface area (Å²) in [5, 5.41) is 20.1. The first-order valence-corrected chi connectivity index (χ1v) is 5.16. The van der Waals surface area contributed by atoms with Crippen molar-refractivity contribution in [2.75, 3.05) is 24.6 Å². The van der Waals surface area contributed by atoms with E-state index in [9.17, 15) is 8.78 Å². The number of aliphatic hydroxyl groups excluding tert-OH is 1. The van der Waals surface area contributed by atoms with Gasteiger partial charge >= 0.3 is 0 Å². The topological polar surface area (TPSA) is 95.0 Å². The number of amidine groups is 1. The highest BCUT2D eigenvalue weighted by atomic mass is 19.3. The van der Waals surface area contributed by atoms with E-state index in [1.807, 2.05) is 0 Å². The normalized spacial score (nSPS) is 11.9. The average molecular weight is 260 g/mol. The molecule has 8 heteroatoms. The number of halogens is 2. The van der Waals surface area contributed by atoms with Gasteiger partial charge in [0.2, 0.25) is 0 Å². The maximum Gasteiger partial charge on any atom is 0.255 e. The molecule has 0 bridgehead atoms. The highest BCUT2D eigenvalue weighted by Crippen LogP contribution is 2.15. The number of alkyl halides is 2. The lowest BCUT2D eigenvalue weighted by Gasteiger charge is -2.23. The molecule has 1 aromatic rings. The molecule has 0 aromatic carbocycles. The summed E-state index contributed by atoms with van der Waals surface area (Å²) in [5.74, 6) is -0.210. The Hall–Kier alpha value is -1.96. The van der Waals surface area contributed by atoms with Crippen LogP contribution in [0.4, 0.5) is 14.5 Å². The van der Waals surface area contributed by atoms with Crippen LogP contribution in [0, 0.1) is 0 Å². The summed E-state index contributed by atoms with van der Waals surface area (Å²) < 4.78 is 24.8. The lowest BCUT2D eigenvalue weighted by atomic mass is 10.2. The molecule has 0 radical (unpaired) electrons. The third-order valence-electron chi connectivity index (χ3n) is 2.21. The van der Waals surface area contributed by atoms with E-state index in [-0.39, 0.29) is 24.7 Å². The van der Waals surface area contributed by atoms with Gasteiger partial charge in [-0.25, -0.2) is 8.78 Å². The number of hydrogen-bond acceptors (Lipinski definition) is 5. The van der Waals surface area contributed by atoms with Crippen molar-refractivity contribution in [3.05, 3.63) is 24.0 Å². The van der Waals surface area contributed by atoms with Gasteiger partial charge in [0.25, 0.3) is 6.43 Å². The summed E-state index contributed by atoms with van der Waals surface area (Å²) in [6.45, 7) is -0.710. The SMILES string of the molecule is N/C(=N/O)c1cc(N(CCO)CC(F)F)ccn1. The van der Waals surface area contributed by atoms with Crippen LogP contribution in [0.5, 0.6) is 0 Å². The van der Waals surface area contributed by atoms with E-state index in [2.05, 4.69) is 10.1 Å². The highest BCUT2D eigenvalue weighted by molar-refractivity contribution is 5.95. The van der Waals surface area contributed by atoms with Crippen molar-refractivity contribution in [1.29, 1.82) is 0 Å². The molecule has 0 amide bonds. The molecular weight excluding hydrogens is 246 g/mol. The van der Waals surface area contributed by atoms with Crippen molar-refractivity contribution >= 4 is 11.5 Å². The van der Waals surface area contributed by atoms with Gasteiger partial charge in [-0.2, -0.15) is 0 Å². The van der Waals surface area contributed by atoms with E-state index in [1.165, 1.54) is 23.2 Å². The van der Waals surface area contributed by atoms with Crippen molar-refractivity contribution in [3.8, 4) is 0 Å². The van der Waals surface area contributed by atoms with Crippen molar-refractivity contribution in [2.45, 2.75) is 6.43 Å². The van der Waals surface area contributed by atoms with Crippen molar-refractivity contribution in [3.63, 3.8) is 0 Å². The number of pyridine rings is 1. The molecule has 0 aliphatic carbocycles. The lowest BCUT2D eigenvalue weighted by molar-refractivity contribution is 0.153. The number of hydrogen-bond donors (Lipinski definition) is 3. The molecule has 0 spiro atoms. The van der Waals surface area contributed by atoms with Crippen molar-refractivity contribution in [2.24, 2.45) is 10.9 Å². The molecule has 0 aliphatic heterocycles. The third-order valence-corrected chi connectivity index (χ3v) is 2.21. The molecule has 100 valence electrons. The second kappa shape index (κ2) is 6.70. The van der Waals surface area contributed by atoms with E-state index in [0.717, 1.165) is 0 Å². The van der Waals surface area contributed by atoms with Crippen LogP contribution in [-0.4, -0.2) is 47.3 Å². The van der Waals surface area contributed by atoms with Crippen LogP contribution in [0.25, 0.3) is 0 Å². The molecule has 0 fully saturated rings. The molecule has 1 heterocycles. The first-order valence-electron chi connectivity index (χ1n) is 5.16. The Kier molecular flexibility index (Phi) is 5.25. The molecule has 6 nitrogen and oxygen atoms in total. The number of aromatic nitrogens is 1. The standard InChI is InChI=1S/C10H14F2N4O2/c11-9(12)6-16(3-4-17)7-1-2-14-8(5-7)10(13)15-18/h1-2,5,9,17-18H,3-4,6H2,(H2,13,15). The van der Waals surface area contributed by atoms with Gasteiger partial charge in [0.05, 0.1) is 13.2 Å². The number of rotatable bonds is 6. The van der Waals surface area contributed by atoms with Gasteiger partial charge in [-0.05, 0) is 12.1 Å². The van der Waals surface area contributed by atoms with Crippen LogP contribution >= 0.6 is 0 Å². The summed E-state index contributed by atoms with van der Waals surface area (Å²) in [5.41, 5.74) is 5.95. The minimum absolute atomic E-state index is 0.0595. The summed E-state index contributed by atoms with van der Waals surface area (Å²) in [6.07, 6.45) is -1.17. The Morgan fingerprint density at radius 1 is 1.56 bits per heavy atom. The summed E-state index contributed by atoms with van der Waals surface area (Å²) in [4.78, 5) is 5.13. The fraction of sp³-hybridized carbons (Fsp3) is 0.400. The van der Waals surface area contributed by atoms with Gasteiger partial charge < -0.3 is 20.9 Å². The Balaban J connectivity index is 2.97. The molecule has 1 aromatic heterocycles. The maximum absolute atomic E-state index is 12.4. The molecule has 0 atom stereocenters. The molecule has 18 heavy (non-hydrogen) atoms. The summed E-state index contributed by atoms with van der Waals surface area (Å²) >= 11 is 0. The minimum atomic E-state index is -2.53. The smallest absolute Gasteiger partial charge is 0.255 e. The van der Waals surface area contributed by atoms with Crippen LogP contribution in [0.2, 0.25) is 0 Å². The fourth-order valence-electron chi connectivity index (χ4n) is 1.42. The Morgan fingerprint density at radius 3 is 2.83 bits per heavy atom. The van der Waals surface area contributed by atoms with E-state index in [1.54, 1.807) is 0 Å². The van der Waals surface area contributed by atoms with Gasteiger partial charge in [0.1, 0.15) is 5.69 Å². The second-order valence-electron chi connectivity index (χ2n) is 3.45. The van der Waals surface area contributed by atoms with Crippen LogP contribution in [-0.2, 0) is 0 Å². The molecule has 0 saturated carbocycles. The second-order valence-corrected chi connectivity index (χ2v) is 3.45.